The maximum absolute atomic E-state index is 11.3. The van der Waals surface area contributed by atoms with Crippen LogP contribution in [0.2, 0.25) is 0 Å². The first-order chi connectivity index (χ1) is 8.67. The van der Waals surface area contributed by atoms with Crippen LogP contribution in [0.3, 0.4) is 0 Å². The summed E-state index contributed by atoms with van der Waals surface area (Å²) in [7, 11) is 0. The monoisotopic (exact) mass is 251 g/mol. The smallest absolute Gasteiger partial charge is 0.257 e. The van der Waals surface area contributed by atoms with E-state index in [1.165, 1.54) is 0 Å². The molecule has 0 spiro atoms. The first-order valence-corrected chi connectivity index (χ1v) is 6.24. The average molecular weight is 251 g/mol. The highest BCUT2D eigenvalue weighted by Gasteiger charge is 2.07. The van der Waals surface area contributed by atoms with Crippen molar-refractivity contribution in [2.75, 3.05) is 19.7 Å². The van der Waals surface area contributed by atoms with Gasteiger partial charge >= 0.3 is 0 Å². The van der Waals surface area contributed by atoms with Crippen LogP contribution in [-0.2, 0) is 11.3 Å². The molecule has 18 heavy (non-hydrogen) atoms. The van der Waals surface area contributed by atoms with Crippen LogP contribution in [0, 0.1) is 6.92 Å². The van der Waals surface area contributed by atoms with E-state index in [4.69, 9.17) is 4.74 Å². The molecule has 1 rings (SSSR count). The highest BCUT2D eigenvalue weighted by Crippen LogP contribution is 2.16. The summed E-state index contributed by atoms with van der Waals surface area (Å²) in [4.78, 5) is 15.8. The molecule has 5 nitrogen and oxygen atoms in total. The molecular formula is C13H21N3O2. The largest absolute Gasteiger partial charge is 0.482 e. The van der Waals surface area contributed by atoms with E-state index >= 15 is 0 Å². The van der Waals surface area contributed by atoms with Gasteiger partial charge in [-0.2, -0.15) is 0 Å². The van der Waals surface area contributed by atoms with Gasteiger partial charge in [-0.05, 0) is 32.5 Å². The molecule has 1 amide bonds. The number of nitrogens with zero attached hydrogens (tertiary/aromatic N) is 1. The third-order valence-corrected chi connectivity index (χ3v) is 2.35. The van der Waals surface area contributed by atoms with Crippen LogP contribution < -0.4 is 15.4 Å². The number of hydrogen-bond acceptors (Lipinski definition) is 4. The molecule has 0 bridgehead atoms. The lowest BCUT2D eigenvalue weighted by atomic mass is 10.3. The van der Waals surface area contributed by atoms with Crippen molar-refractivity contribution in [3.05, 3.63) is 23.5 Å². The summed E-state index contributed by atoms with van der Waals surface area (Å²) in [5.74, 6) is 0.542. The van der Waals surface area contributed by atoms with E-state index in [0.29, 0.717) is 18.8 Å². The molecule has 2 N–H and O–H groups in total. The summed E-state index contributed by atoms with van der Waals surface area (Å²) >= 11 is 0. The fourth-order valence-corrected chi connectivity index (χ4v) is 1.49. The number of pyridine rings is 1. The first kappa shape index (κ1) is 14.4. The molecule has 0 aliphatic heterocycles. The lowest BCUT2D eigenvalue weighted by molar-refractivity contribution is -0.123. The van der Waals surface area contributed by atoms with E-state index in [1.807, 2.05) is 32.9 Å². The molecule has 0 aromatic carbocycles. The highest BCUT2D eigenvalue weighted by atomic mass is 16.5. The van der Waals surface area contributed by atoms with Crippen LogP contribution in [0.15, 0.2) is 12.1 Å². The van der Waals surface area contributed by atoms with Crippen molar-refractivity contribution >= 4 is 5.91 Å². The summed E-state index contributed by atoms with van der Waals surface area (Å²) in [5, 5.41) is 5.89. The number of nitrogens with one attached hydrogen (secondary N) is 2. The van der Waals surface area contributed by atoms with Gasteiger partial charge in [0.05, 0.1) is 5.69 Å². The molecule has 1 aromatic heterocycles. The Bertz CT molecular complexity index is 394. The second-order valence-electron chi connectivity index (χ2n) is 3.92. The molecule has 1 aromatic rings. The first-order valence-electron chi connectivity index (χ1n) is 6.24. The minimum Gasteiger partial charge on any atom is -0.482 e. The van der Waals surface area contributed by atoms with Crippen LogP contribution in [0.25, 0.3) is 0 Å². The maximum atomic E-state index is 11.3. The lowest BCUT2D eigenvalue weighted by Gasteiger charge is -2.11. The molecule has 0 saturated heterocycles. The SMILES string of the molecule is CCNCc1nc(C)ccc1OCC(=O)NCC. The molecule has 0 atom stereocenters. The van der Waals surface area contributed by atoms with Gasteiger partial charge in [0, 0.05) is 18.8 Å². The summed E-state index contributed by atoms with van der Waals surface area (Å²) in [5.41, 5.74) is 1.77. The number of likely N-dealkylation sites (N-methyl/N-ethyl adjacent to an activating group) is 1. The zero-order chi connectivity index (χ0) is 13.4. The predicted molar refractivity (Wildman–Crippen MR) is 70.5 cm³/mol. The van der Waals surface area contributed by atoms with Crippen molar-refractivity contribution < 1.29 is 9.53 Å². The van der Waals surface area contributed by atoms with Gasteiger partial charge in [-0.1, -0.05) is 6.92 Å². The number of ether oxygens (including phenoxy) is 1. The third-order valence-electron chi connectivity index (χ3n) is 2.35. The summed E-state index contributed by atoms with van der Waals surface area (Å²) in [6.45, 7) is 7.99. The van der Waals surface area contributed by atoms with Gasteiger partial charge in [0.25, 0.3) is 5.91 Å². The maximum Gasteiger partial charge on any atom is 0.257 e. The van der Waals surface area contributed by atoms with Gasteiger partial charge in [-0.25, -0.2) is 0 Å². The zero-order valence-electron chi connectivity index (χ0n) is 11.2. The topological polar surface area (TPSA) is 63.3 Å². The Hall–Kier alpha value is -1.62. The average Bonchev–Trinajstić information content (AvgIpc) is 2.35. The second kappa shape index (κ2) is 7.66. The van der Waals surface area contributed by atoms with Crippen molar-refractivity contribution in [2.24, 2.45) is 0 Å². The summed E-state index contributed by atoms with van der Waals surface area (Å²) < 4.78 is 5.49. The molecule has 0 aliphatic carbocycles. The molecule has 5 heteroatoms. The Balaban J connectivity index is 2.65. The number of amides is 1. The van der Waals surface area contributed by atoms with Crippen LogP contribution in [0.1, 0.15) is 25.2 Å². The van der Waals surface area contributed by atoms with E-state index in [-0.39, 0.29) is 12.5 Å². The van der Waals surface area contributed by atoms with Gasteiger partial charge in [0.2, 0.25) is 0 Å². The fourth-order valence-electron chi connectivity index (χ4n) is 1.49. The van der Waals surface area contributed by atoms with Crippen molar-refractivity contribution in [1.82, 2.24) is 15.6 Å². The van der Waals surface area contributed by atoms with Crippen molar-refractivity contribution in [3.63, 3.8) is 0 Å². The quantitative estimate of drug-likeness (QED) is 0.759. The van der Waals surface area contributed by atoms with Crippen LogP contribution in [0.4, 0.5) is 0 Å². The van der Waals surface area contributed by atoms with Gasteiger partial charge in [-0.15, -0.1) is 0 Å². The van der Waals surface area contributed by atoms with E-state index in [1.54, 1.807) is 0 Å². The molecule has 1 heterocycles. The van der Waals surface area contributed by atoms with E-state index in [2.05, 4.69) is 15.6 Å². The number of carbonyl (C=O) groups excluding carboxylic acids is 1. The van der Waals surface area contributed by atoms with E-state index in [0.717, 1.165) is 17.9 Å². The highest BCUT2D eigenvalue weighted by molar-refractivity contribution is 5.77. The second-order valence-corrected chi connectivity index (χ2v) is 3.92. The number of hydrogen-bond donors (Lipinski definition) is 2. The van der Waals surface area contributed by atoms with Crippen LogP contribution in [-0.4, -0.2) is 30.6 Å². The van der Waals surface area contributed by atoms with Crippen LogP contribution in [0.5, 0.6) is 5.75 Å². The molecule has 0 unspecified atom stereocenters. The van der Waals surface area contributed by atoms with Crippen LogP contribution >= 0.6 is 0 Å². The minimum absolute atomic E-state index is 0.0255. The normalized spacial score (nSPS) is 10.2. The number of aromatic nitrogens is 1. The van der Waals surface area contributed by atoms with E-state index < -0.39 is 0 Å². The zero-order valence-corrected chi connectivity index (χ0v) is 11.2. The molecule has 0 aliphatic rings. The standard InChI is InChI=1S/C13H21N3O2/c1-4-14-8-11-12(7-6-10(3)16-11)18-9-13(17)15-5-2/h6-7,14H,4-5,8-9H2,1-3H3,(H,15,17). The minimum atomic E-state index is -0.118. The van der Waals surface area contributed by atoms with Gasteiger partial charge in [0.1, 0.15) is 5.75 Å². The Morgan fingerprint density at radius 3 is 2.78 bits per heavy atom. The lowest BCUT2D eigenvalue weighted by Crippen LogP contribution is -2.28. The molecule has 0 radical (unpaired) electrons. The van der Waals surface area contributed by atoms with Gasteiger partial charge < -0.3 is 15.4 Å². The third kappa shape index (κ3) is 4.71. The van der Waals surface area contributed by atoms with Crippen molar-refractivity contribution in [1.29, 1.82) is 0 Å². The van der Waals surface area contributed by atoms with Gasteiger partial charge in [0.15, 0.2) is 6.61 Å². The van der Waals surface area contributed by atoms with Crippen molar-refractivity contribution in [2.45, 2.75) is 27.3 Å². The molecular weight excluding hydrogens is 230 g/mol. The Morgan fingerprint density at radius 2 is 2.11 bits per heavy atom. The molecule has 0 fully saturated rings. The summed E-state index contributed by atoms with van der Waals surface area (Å²) in [6, 6.07) is 3.73. The summed E-state index contributed by atoms with van der Waals surface area (Å²) in [6.07, 6.45) is 0. The number of aryl methyl sites for hydroxylation is 1. The number of rotatable bonds is 7. The predicted octanol–water partition coefficient (Wildman–Crippen LogP) is 1.01. The fraction of sp³-hybridized carbons (Fsp3) is 0.538. The van der Waals surface area contributed by atoms with Crippen molar-refractivity contribution in [3.8, 4) is 5.75 Å². The Kier molecular flexibility index (Phi) is 6.14. The number of carbonyl (C=O) groups is 1. The van der Waals surface area contributed by atoms with E-state index in [9.17, 15) is 4.79 Å². The molecule has 100 valence electrons. The molecule has 0 saturated carbocycles. The Morgan fingerprint density at radius 1 is 1.33 bits per heavy atom. The van der Waals surface area contributed by atoms with Gasteiger partial charge in [-0.3, -0.25) is 9.78 Å². The Labute approximate surface area is 108 Å².